The molecule has 1 amide bonds. The van der Waals surface area contributed by atoms with Crippen molar-refractivity contribution in [3.8, 4) is 0 Å². The van der Waals surface area contributed by atoms with Crippen LogP contribution in [0.1, 0.15) is 23.6 Å². The first-order valence-corrected chi connectivity index (χ1v) is 7.38. The average Bonchev–Trinajstić information content (AvgIpc) is 2.39. The van der Waals surface area contributed by atoms with Crippen molar-refractivity contribution in [3.05, 3.63) is 35.4 Å². The molecule has 0 radical (unpaired) electrons. The zero-order chi connectivity index (χ0) is 14.3. The van der Waals surface area contributed by atoms with Gasteiger partial charge in [0.25, 0.3) is 0 Å². The summed E-state index contributed by atoms with van der Waals surface area (Å²) in [5.74, 6) is -0.0409. The molecule has 0 saturated carbocycles. The zero-order valence-corrected chi connectivity index (χ0v) is 12.3. The second kappa shape index (κ2) is 7.84. The summed E-state index contributed by atoms with van der Waals surface area (Å²) in [4.78, 5) is 23.1. The number of aryl methyl sites for hydroxylation is 1. The van der Waals surface area contributed by atoms with Gasteiger partial charge in [-0.2, -0.15) is 11.8 Å². The molecule has 0 aliphatic carbocycles. The van der Waals surface area contributed by atoms with Gasteiger partial charge >= 0.3 is 5.97 Å². The molecule has 1 N–H and O–H groups in total. The fourth-order valence-electron chi connectivity index (χ4n) is 1.67. The van der Waals surface area contributed by atoms with E-state index < -0.39 is 0 Å². The maximum Gasteiger partial charge on any atom is 0.307 e. The molecule has 0 bridgehead atoms. The third kappa shape index (κ3) is 5.34. The van der Waals surface area contributed by atoms with Crippen LogP contribution in [0.3, 0.4) is 0 Å². The summed E-state index contributed by atoms with van der Waals surface area (Å²) in [5.41, 5.74) is 2.04. The number of nitrogens with one attached hydrogen (secondary N) is 1. The normalized spacial score (nSPS) is 11.7. The van der Waals surface area contributed by atoms with Crippen molar-refractivity contribution in [2.45, 2.75) is 19.4 Å². The summed E-state index contributed by atoms with van der Waals surface area (Å²) in [6, 6.07) is 7.42. The number of ether oxygens (including phenoxy) is 1. The number of amides is 1. The van der Waals surface area contributed by atoms with Gasteiger partial charge in [0, 0.05) is 0 Å². The molecule has 1 atom stereocenters. The first-order valence-electron chi connectivity index (χ1n) is 5.98. The lowest BCUT2D eigenvalue weighted by molar-refractivity contribution is -0.141. The fourth-order valence-corrected chi connectivity index (χ4v) is 2.01. The van der Waals surface area contributed by atoms with Gasteiger partial charge in [-0.25, -0.2) is 0 Å². The molecule has 0 fully saturated rings. The van der Waals surface area contributed by atoms with Gasteiger partial charge in [-0.15, -0.1) is 0 Å². The Bertz CT molecular complexity index is 431. The number of thioether (sulfide) groups is 1. The molecule has 0 heterocycles. The molecule has 0 aliphatic heterocycles. The topological polar surface area (TPSA) is 55.4 Å². The predicted octanol–water partition coefficient (Wildman–Crippen LogP) is 2.08. The Balaban J connectivity index is 2.82. The lowest BCUT2D eigenvalue weighted by Crippen LogP contribution is -2.31. The molecule has 0 spiro atoms. The number of esters is 1. The van der Waals surface area contributed by atoms with Crippen molar-refractivity contribution < 1.29 is 14.3 Å². The zero-order valence-electron chi connectivity index (χ0n) is 11.4. The van der Waals surface area contributed by atoms with Crippen LogP contribution in [0.4, 0.5) is 0 Å². The highest BCUT2D eigenvalue weighted by atomic mass is 32.2. The molecular formula is C14H19NO3S. The quantitative estimate of drug-likeness (QED) is 0.811. The monoisotopic (exact) mass is 281 g/mol. The van der Waals surface area contributed by atoms with Crippen LogP contribution in [0.15, 0.2) is 24.3 Å². The average molecular weight is 281 g/mol. The van der Waals surface area contributed by atoms with E-state index in [1.165, 1.54) is 18.9 Å². The summed E-state index contributed by atoms with van der Waals surface area (Å²) in [6.45, 7) is 1.99. The third-order valence-electron chi connectivity index (χ3n) is 2.69. The van der Waals surface area contributed by atoms with E-state index in [-0.39, 0.29) is 24.3 Å². The minimum Gasteiger partial charge on any atom is -0.469 e. The first kappa shape index (κ1) is 15.6. The molecule has 19 heavy (non-hydrogen) atoms. The highest BCUT2D eigenvalue weighted by Gasteiger charge is 2.18. The van der Waals surface area contributed by atoms with Crippen molar-refractivity contribution >= 4 is 23.6 Å². The van der Waals surface area contributed by atoms with Gasteiger partial charge < -0.3 is 10.1 Å². The van der Waals surface area contributed by atoms with Gasteiger partial charge in [-0.3, -0.25) is 9.59 Å². The van der Waals surface area contributed by atoms with Crippen LogP contribution < -0.4 is 5.32 Å². The van der Waals surface area contributed by atoms with Gasteiger partial charge in [-0.1, -0.05) is 29.8 Å². The Kier molecular flexibility index (Phi) is 6.42. The molecule has 1 aromatic carbocycles. The number of carbonyl (C=O) groups is 2. The number of benzene rings is 1. The van der Waals surface area contributed by atoms with Gasteiger partial charge in [0.05, 0.1) is 25.3 Å². The van der Waals surface area contributed by atoms with Crippen molar-refractivity contribution in [1.82, 2.24) is 5.32 Å². The van der Waals surface area contributed by atoms with E-state index in [2.05, 4.69) is 10.1 Å². The first-order chi connectivity index (χ1) is 9.06. The van der Waals surface area contributed by atoms with E-state index in [9.17, 15) is 9.59 Å². The molecule has 0 aromatic heterocycles. The number of hydrogen-bond acceptors (Lipinski definition) is 4. The van der Waals surface area contributed by atoms with E-state index >= 15 is 0 Å². The summed E-state index contributed by atoms with van der Waals surface area (Å²) in [7, 11) is 1.35. The van der Waals surface area contributed by atoms with Gasteiger partial charge in [0.15, 0.2) is 0 Å². The number of methoxy groups -OCH3 is 1. The highest BCUT2D eigenvalue weighted by molar-refractivity contribution is 7.99. The lowest BCUT2D eigenvalue weighted by Gasteiger charge is -2.18. The maximum absolute atomic E-state index is 11.7. The van der Waals surface area contributed by atoms with Crippen molar-refractivity contribution in [2.75, 3.05) is 19.1 Å². The lowest BCUT2D eigenvalue weighted by atomic mass is 10.0. The minimum atomic E-state index is -0.340. The van der Waals surface area contributed by atoms with E-state index in [1.807, 2.05) is 37.4 Å². The second-order valence-electron chi connectivity index (χ2n) is 4.24. The smallest absolute Gasteiger partial charge is 0.307 e. The Labute approximate surface area is 117 Å². The number of carbonyl (C=O) groups excluding carboxylic acids is 2. The summed E-state index contributed by atoms with van der Waals surface area (Å²) < 4.78 is 4.67. The largest absolute Gasteiger partial charge is 0.469 e. The van der Waals surface area contributed by atoms with E-state index in [0.29, 0.717) is 5.75 Å². The molecule has 1 aromatic rings. The van der Waals surface area contributed by atoms with E-state index in [4.69, 9.17) is 0 Å². The molecular weight excluding hydrogens is 262 g/mol. The van der Waals surface area contributed by atoms with Gasteiger partial charge in [0.1, 0.15) is 0 Å². The summed E-state index contributed by atoms with van der Waals surface area (Å²) in [6.07, 6.45) is 2.00. The second-order valence-corrected chi connectivity index (χ2v) is 5.11. The fraction of sp³-hybridized carbons (Fsp3) is 0.429. The summed E-state index contributed by atoms with van der Waals surface area (Å²) >= 11 is 1.45. The molecule has 1 rings (SSSR count). The Hall–Kier alpha value is -1.49. The van der Waals surface area contributed by atoms with Crippen molar-refractivity contribution in [3.63, 3.8) is 0 Å². The molecule has 104 valence electrons. The number of rotatable bonds is 6. The van der Waals surface area contributed by atoms with Crippen LogP contribution >= 0.6 is 11.8 Å². The Morgan fingerprint density at radius 1 is 1.32 bits per heavy atom. The Morgan fingerprint density at radius 2 is 1.95 bits per heavy atom. The van der Waals surface area contributed by atoms with Crippen molar-refractivity contribution in [1.29, 1.82) is 0 Å². The standard InChI is InChI=1S/C14H19NO3S/c1-10-4-6-11(7-5-10)12(8-14(17)18-2)15-13(16)9-19-3/h4-7,12H,8-9H2,1-3H3,(H,15,16)/t12-/m1/s1. The van der Waals surface area contributed by atoms with Crippen LogP contribution in [0.5, 0.6) is 0 Å². The molecule has 0 saturated heterocycles. The molecule has 4 nitrogen and oxygen atoms in total. The van der Waals surface area contributed by atoms with Crippen LogP contribution in [-0.2, 0) is 14.3 Å². The summed E-state index contributed by atoms with van der Waals surface area (Å²) in [5, 5.41) is 2.86. The molecule has 0 unspecified atom stereocenters. The number of hydrogen-bond donors (Lipinski definition) is 1. The molecule has 0 aliphatic rings. The van der Waals surface area contributed by atoms with Crippen LogP contribution in [0, 0.1) is 6.92 Å². The van der Waals surface area contributed by atoms with Crippen LogP contribution in [-0.4, -0.2) is 31.0 Å². The third-order valence-corrected chi connectivity index (χ3v) is 3.24. The van der Waals surface area contributed by atoms with Crippen LogP contribution in [0.25, 0.3) is 0 Å². The maximum atomic E-state index is 11.7. The van der Waals surface area contributed by atoms with E-state index in [0.717, 1.165) is 11.1 Å². The molecule has 5 heteroatoms. The Morgan fingerprint density at radius 3 is 2.47 bits per heavy atom. The van der Waals surface area contributed by atoms with Gasteiger partial charge in [0.2, 0.25) is 5.91 Å². The van der Waals surface area contributed by atoms with Crippen LogP contribution in [0.2, 0.25) is 0 Å². The highest BCUT2D eigenvalue weighted by Crippen LogP contribution is 2.18. The van der Waals surface area contributed by atoms with E-state index in [1.54, 1.807) is 0 Å². The predicted molar refractivity (Wildman–Crippen MR) is 77.1 cm³/mol. The van der Waals surface area contributed by atoms with Gasteiger partial charge in [-0.05, 0) is 18.7 Å². The minimum absolute atomic E-state index is 0.0815. The van der Waals surface area contributed by atoms with Crippen molar-refractivity contribution in [2.24, 2.45) is 0 Å². The SMILES string of the molecule is COC(=O)C[C@@H](NC(=O)CSC)c1ccc(C)cc1.